The molecule has 0 bridgehead atoms. The molecule has 0 unspecified atom stereocenters. The molecule has 0 aliphatic heterocycles. The van der Waals surface area contributed by atoms with E-state index in [1.54, 1.807) is 0 Å². The van der Waals surface area contributed by atoms with E-state index in [4.69, 9.17) is 15.3 Å². The van der Waals surface area contributed by atoms with Crippen LogP contribution in [0.1, 0.15) is 12.0 Å². The van der Waals surface area contributed by atoms with Gasteiger partial charge in [0.25, 0.3) is 0 Å². The Morgan fingerprint density at radius 3 is 2.33 bits per heavy atom. The van der Waals surface area contributed by atoms with Crippen LogP contribution in [0.5, 0.6) is 11.5 Å². The fourth-order valence-corrected chi connectivity index (χ4v) is 1.41. The maximum atomic E-state index is 11.5. The number of hydrogen-bond donors (Lipinski definition) is 5. The minimum absolute atomic E-state index is 0.316. The first kappa shape index (κ1) is 16.0. The summed E-state index contributed by atoms with van der Waals surface area (Å²) in [5.74, 6) is -4.29. The van der Waals surface area contributed by atoms with Gasteiger partial charge in [-0.25, -0.2) is 4.79 Å². The summed E-state index contributed by atoms with van der Waals surface area (Å²) in [5.41, 5.74) is 0.394. The van der Waals surface area contributed by atoms with Gasteiger partial charge in [0.1, 0.15) is 6.04 Å². The van der Waals surface area contributed by atoms with Crippen LogP contribution in [-0.2, 0) is 14.4 Å². The van der Waals surface area contributed by atoms with Gasteiger partial charge in [0, 0.05) is 6.08 Å². The van der Waals surface area contributed by atoms with Crippen molar-refractivity contribution in [1.29, 1.82) is 0 Å². The van der Waals surface area contributed by atoms with Crippen molar-refractivity contribution in [3.63, 3.8) is 0 Å². The monoisotopic (exact) mass is 295 g/mol. The third kappa shape index (κ3) is 5.23. The Morgan fingerprint density at radius 2 is 1.81 bits per heavy atom. The topological polar surface area (TPSA) is 144 Å². The van der Waals surface area contributed by atoms with Crippen molar-refractivity contribution in [2.45, 2.75) is 12.5 Å². The van der Waals surface area contributed by atoms with Gasteiger partial charge in [0.05, 0.1) is 6.42 Å². The molecule has 1 amide bonds. The number of carbonyl (C=O) groups excluding carboxylic acids is 1. The number of carboxylic acid groups (broad SMARTS) is 2. The average Bonchev–Trinajstić information content (AvgIpc) is 2.38. The normalized spacial score (nSPS) is 12.0. The Kier molecular flexibility index (Phi) is 5.30. The first-order valence-electron chi connectivity index (χ1n) is 5.74. The maximum Gasteiger partial charge on any atom is 0.326 e. The molecule has 0 radical (unpaired) electrons. The Balaban J connectivity index is 2.70. The third-order valence-electron chi connectivity index (χ3n) is 2.42. The number of aromatic hydroxyl groups is 2. The van der Waals surface area contributed by atoms with E-state index < -0.39 is 30.3 Å². The zero-order valence-corrected chi connectivity index (χ0v) is 10.7. The number of phenolic OH excluding ortho intramolecular Hbond substituents is 2. The fourth-order valence-electron chi connectivity index (χ4n) is 1.41. The van der Waals surface area contributed by atoms with Gasteiger partial charge in [-0.05, 0) is 23.8 Å². The van der Waals surface area contributed by atoms with Crippen molar-refractivity contribution in [3.05, 3.63) is 29.8 Å². The zero-order valence-electron chi connectivity index (χ0n) is 10.7. The molecule has 0 aliphatic carbocycles. The number of phenols is 2. The van der Waals surface area contributed by atoms with Crippen LogP contribution in [0.15, 0.2) is 24.3 Å². The lowest BCUT2D eigenvalue weighted by molar-refractivity contribution is -0.146. The molecule has 0 aliphatic rings. The molecule has 0 heterocycles. The highest BCUT2D eigenvalue weighted by Crippen LogP contribution is 2.25. The van der Waals surface area contributed by atoms with Gasteiger partial charge in [0.2, 0.25) is 5.91 Å². The molecule has 0 saturated heterocycles. The standard InChI is InChI=1S/C13H13NO7/c15-9-3-1-7(5-10(9)16)2-4-11(17)14-8(13(20)21)6-12(18)19/h1-5,8,15-16H,6H2,(H,14,17)(H,18,19)(H,20,21)/t8-/m1/s1. The largest absolute Gasteiger partial charge is 0.504 e. The van der Waals surface area contributed by atoms with Crippen LogP contribution >= 0.6 is 0 Å². The summed E-state index contributed by atoms with van der Waals surface area (Å²) in [4.78, 5) is 32.7. The molecule has 8 nitrogen and oxygen atoms in total. The summed E-state index contributed by atoms with van der Waals surface area (Å²) in [5, 5.41) is 37.7. The van der Waals surface area contributed by atoms with Crippen molar-refractivity contribution in [1.82, 2.24) is 5.32 Å². The predicted molar refractivity (Wildman–Crippen MR) is 70.6 cm³/mol. The van der Waals surface area contributed by atoms with Gasteiger partial charge in [-0.1, -0.05) is 6.07 Å². The summed E-state index contributed by atoms with van der Waals surface area (Å²) < 4.78 is 0. The molecule has 8 heteroatoms. The molecule has 0 aromatic heterocycles. The van der Waals surface area contributed by atoms with Crippen LogP contribution in [0, 0.1) is 0 Å². The van der Waals surface area contributed by atoms with Crippen LogP contribution in [0.2, 0.25) is 0 Å². The van der Waals surface area contributed by atoms with Crippen molar-refractivity contribution >= 4 is 23.9 Å². The molecule has 1 rings (SSSR count). The van der Waals surface area contributed by atoms with Gasteiger partial charge in [-0.2, -0.15) is 0 Å². The van der Waals surface area contributed by atoms with Gasteiger partial charge in [-0.3, -0.25) is 9.59 Å². The van der Waals surface area contributed by atoms with Gasteiger partial charge < -0.3 is 25.7 Å². The molecule has 5 N–H and O–H groups in total. The molecule has 0 spiro atoms. The van der Waals surface area contributed by atoms with E-state index in [2.05, 4.69) is 0 Å². The predicted octanol–water partition coefficient (Wildman–Crippen LogP) is 0.155. The highest BCUT2D eigenvalue weighted by atomic mass is 16.4. The molecule has 1 aromatic carbocycles. The Morgan fingerprint density at radius 1 is 1.14 bits per heavy atom. The average molecular weight is 295 g/mol. The quantitative estimate of drug-likeness (QED) is 0.371. The number of carboxylic acids is 2. The molecule has 1 atom stereocenters. The smallest absolute Gasteiger partial charge is 0.326 e. The van der Waals surface area contributed by atoms with Crippen LogP contribution in [-0.4, -0.2) is 44.3 Å². The van der Waals surface area contributed by atoms with Crippen LogP contribution in [0.4, 0.5) is 0 Å². The molecule has 112 valence electrons. The molecule has 0 fully saturated rings. The number of rotatable bonds is 6. The van der Waals surface area contributed by atoms with Crippen LogP contribution in [0.3, 0.4) is 0 Å². The van der Waals surface area contributed by atoms with Gasteiger partial charge in [-0.15, -0.1) is 0 Å². The Labute approximate surface area is 119 Å². The summed E-state index contributed by atoms with van der Waals surface area (Å²) in [6, 6.07) is 2.31. The number of amides is 1. The van der Waals surface area contributed by atoms with Crippen molar-refractivity contribution in [3.8, 4) is 11.5 Å². The van der Waals surface area contributed by atoms with E-state index in [-0.39, 0.29) is 11.5 Å². The first-order valence-corrected chi connectivity index (χ1v) is 5.74. The second kappa shape index (κ2) is 6.94. The minimum atomic E-state index is -1.53. The fraction of sp³-hybridized carbons (Fsp3) is 0.154. The molecule has 1 aromatic rings. The van der Waals surface area contributed by atoms with Crippen molar-refractivity contribution in [2.75, 3.05) is 0 Å². The van der Waals surface area contributed by atoms with E-state index in [1.807, 2.05) is 5.32 Å². The SMILES string of the molecule is O=C(O)C[C@@H](NC(=O)C=Cc1ccc(O)c(O)c1)C(=O)O. The second-order valence-corrected chi connectivity index (χ2v) is 4.08. The lowest BCUT2D eigenvalue weighted by Gasteiger charge is -2.10. The van der Waals surface area contributed by atoms with Crippen molar-refractivity contribution < 1.29 is 34.8 Å². The maximum absolute atomic E-state index is 11.5. The molecular formula is C13H13NO7. The van der Waals surface area contributed by atoms with Gasteiger partial charge in [0.15, 0.2) is 11.5 Å². The summed E-state index contributed by atoms with van der Waals surface area (Å²) in [6.45, 7) is 0. The number of carbonyl (C=O) groups is 3. The lowest BCUT2D eigenvalue weighted by atomic mass is 10.1. The number of aliphatic carboxylic acids is 2. The van der Waals surface area contributed by atoms with Crippen molar-refractivity contribution in [2.24, 2.45) is 0 Å². The van der Waals surface area contributed by atoms with E-state index in [1.165, 1.54) is 24.3 Å². The number of nitrogens with one attached hydrogen (secondary N) is 1. The summed E-state index contributed by atoms with van der Waals surface area (Å²) in [7, 11) is 0. The number of hydrogen-bond acceptors (Lipinski definition) is 5. The number of benzene rings is 1. The molecule has 21 heavy (non-hydrogen) atoms. The van der Waals surface area contributed by atoms with E-state index >= 15 is 0 Å². The Hall–Kier alpha value is -3.03. The van der Waals surface area contributed by atoms with E-state index in [0.717, 1.165) is 6.08 Å². The summed E-state index contributed by atoms with van der Waals surface area (Å²) >= 11 is 0. The zero-order chi connectivity index (χ0) is 16.0. The van der Waals surface area contributed by atoms with Gasteiger partial charge >= 0.3 is 11.9 Å². The van der Waals surface area contributed by atoms with E-state index in [0.29, 0.717) is 5.56 Å². The lowest BCUT2D eigenvalue weighted by Crippen LogP contribution is -2.41. The highest BCUT2D eigenvalue weighted by Gasteiger charge is 2.21. The molecular weight excluding hydrogens is 282 g/mol. The third-order valence-corrected chi connectivity index (χ3v) is 2.42. The van der Waals surface area contributed by atoms with E-state index in [9.17, 15) is 19.5 Å². The molecule has 0 saturated carbocycles. The summed E-state index contributed by atoms with van der Waals surface area (Å²) in [6.07, 6.45) is 1.52. The van der Waals surface area contributed by atoms with Crippen LogP contribution in [0.25, 0.3) is 6.08 Å². The second-order valence-electron chi connectivity index (χ2n) is 4.08. The first-order chi connectivity index (χ1) is 9.79. The highest BCUT2D eigenvalue weighted by molar-refractivity contribution is 5.95. The van der Waals surface area contributed by atoms with Crippen LogP contribution < -0.4 is 5.32 Å². The minimum Gasteiger partial charge on any atom is -0.504 e. The Bertz CT molecular complexity index is 594.